The molecule has 1 aliphatic heterocycles. The molecule has 180 valence electrons. The standard InChI is InChI=1S/C22H28ClN3O5S2/c1-3-30-21(28)9-16-13-32-22(25-16)33-14-20(27)24-10-17-12-26(6-7-31-17)11-15-4-5-19(29-2)18(23)8-15/h4-5,8,13,17H,3,6-7,9-12,14H2,1-2H3,(H,24,27). The molecule has 1 atom stereocenters. The topological polar surface area (TPSA) is 90.0 Å². The number of nitrogens with one attached hydrogen (secondary N) is 1. The van der Waals surface area contributed by atoms with Crippen LogP contribution in [0.4, 0.5) is 0 Å². The lowest BCUT2D eigenvalue weighted by atomic mass is 10.1. The van der Waals surface area contributed by atoms with Crippen molar-refractivity contribution in [1.29, 1.82) is 0 Å². The Hall–Kier alpha value is -1.85. The summed E-state index contributed by atoms with van der Waals surface area (Å²) in [6.45, 7) is 5.48. The van der Waals surface area contributed by atoms with Crippen molar-refractivity contribution >= 4 is 46.6 Å². The molecule has 0 spiro atoms. The molecular weight excluding hydrogens is 486 g/mol. The average Bonchev–Trinajstić information content (AvgIpc) is 3.24. The van der Waals surface area contributed by atoms with E-state index in [-0.39, 0.29) is 30.2 Å². The Bertz CT molecular complexity index is 943. The smallest absolute Gasteiger partial charge is 0.311 e. The van der Waals surface area contributed by atoms with Crippen LogP contribution in [0.15, 0.2) is 27.9 Å². The summed E-state index contributed by atoms with van der Waals surface area (Å²) in [6, 6.07) is 5.79. The lowest BCUT2D eigenvalue weighted by Gasteiger charge is -2.33. The Morgan fingerprint density at radius 3 is 3.03 bits per heavy atom. The molecular formula is C22H28ClN3O5S2. The number of nitrogens with zero attached hydrogens (tertiary/aromatic N) is 2. The van der Waals surface area contributed by atoms with E-state index in [1.165, 1.54) is 23.1 Å². The van der Waals surface area contributed by atoms with Gasteiger partial charge in [-0.3, -0.25) is 14.5 Å². The highest BCUT2D eigenvalue weighted by molar-refractivity contribution is 8.01. The molecule has 33 heavy (non-hydrogen) atoms. The summed E-state index contributed by atoms with van der Waals surface area (Å²) in [5, 5.41) is 5.35. The van der Waals surface area contributed by atoms with Gasteiger partial charge in [-0.05, 0) is 24.6 Å². The van der Waals surface area contributed by atoms with Crippen LogP contribution in [0.3, 0.4) is 0 Å². The van der Waals surface area contributed by atoms with E-state index in [9.17, 15) is 9.59 Å². The van der Waals surface area contributed by atoms with E-state index >= 15 is 0 Å². The second-order valence-corrected chi connectivity index (χ2v) is 9.86. The fourth-order valence-electron chi connectivity index (χ4n) is 3.32. The van der Waals surface area contributed by atoms with Crippen molar-refractivity contribution in [3.63, 3.8) is 0 Å². The normalized spacial score (nSPS) is 16.4. The fourth-order valence-corrected chi connectivity index (χ4v) is 5.27. The molecule has 1 saturated heterocycles. The first-order valence-corrected chi connectivity index (χ1v) is 12.9. The van der Waals surface area contributed by atoms with Gasteiger partial charge in [-0.2, -0.15) is 0 Å². The van der Waals surface area contributed by atoms with E-state index in [0.717, 1.165) is 29.5 Å². The van der Waals surface area contributed by atoms with Crippen molar-refractivity contribution in [3.05, 3.63) is 39.9 Å². The first kappa shape index (κ1) is 25.8. The van der Waals surface area contributed by atoms with Crippen LogP contribution in [0.5, 0.6) is 5.75 Å². The third kappa shape index (κ3) is 8.46. The zero-order chi connectivity index (χ0) is 23.6. The first-order chi connectivity index (χ1) is 16.0. The largest absolute Gasteiger partial charge is 0.495 e. The number of esters is 1. The molecule has 0 saturated carbocycles. The minimum Gasteiger partial charge on any atom is -0.495 e. The minimum atomic E-state index is -0.297. The molecule has 3 rings (SSSR count). The zero-order valence-electron chi connectivity index (χ0n) is 18.7. The summed E-state index contributed by atoms with van der Waals surface area (Å²) in [4.78, 5) is 30.5. The molecule has 0 aliphatic carbocycles. The molecule has 2 heterocycles. The van der Waals surface area contributed by atoms with Crippen LogP contribution in [0.2, 0.25) is 5.02 Å². The number of thiazole rings is 1. The molecule has 0 radical (unpaired) electrons. The van der Waals surface area contributed by atoms with Gasteiger partial charge < -0.3 is 19.5 Å². The molecule has 1 fully saturated rings. The van der Waals surface area contributed by atoms with Crippen molar-refractivity contribution in [1.82, 2.24) is 15.2 Å². The quantitative estimate of drug-likeness (QED) is 0.362. The third-order valence-corrected chi connectivity index (χ3v) is 7.23. The summed E-state index contributed by atoms with van der Waals surface area (Å²) in [5.41, 5.74) is 1.77. The number of rotatable bonds is 11. The van der Waals surface area contributed by atoms with Gasteiger partial charge in [0.25, 0.3) is 0 Å². The number of hydrogen-bond donors (Lipinski definition) is 1. The van der Waals surface area contributed by atoms with Crippen LogP contribution < -0.4 is 10.1 Å². The highest BCUT2D eigenvalue weighted by Crippen LogP contribution is 2.26. The van der Waals surface area contributed by atoms with Crippen LogP contribution in [-0.4, -0.2) is 73.6 Å². The average molecular weight is 514 g/mol. The van der Waals surface area contributed by atoms with E-state index in [1.807, 2.05) is 23.6 Å². The molecule has 8 nitrogen and oxygen atoms in total. The van der Waals surface area contributed by atoms with Crippen molar-refractivity contribution < 1.29 is 23.8 Å². The van der Waals surface area contributed by atoms with Gasteiger partial charge in [0.2, 0.25) is 5.91 Å². The summed E-state index contributed by atoms with van der Waals surface area (Å²) in [6.07, 6.45) is 0.0764. The van der Waals surface area contributed by atoms with Gasteiger partial charge in [0.1, 0.15) is 5.75 Å². The van der Waals surface area contributed by atoms with E-state index in [2.05, 4.69) is 15.2 Å². The highest BCUT2D eigenvalue weighted by atomic mass is 35.5. The van der Waals surface area contributed by atoms with Gasteiger partial charge in [-0.15, -0.1) is 11.3 Å². The first-order valence-electron chi connectivity index (χ1n) is 10.6. The predicted molar refractivity (Wildman–Crippen MR) is 129 cm³/mol. The maximum Gasteiger partial charge on any atom is 0.311 e. The number of ether oxygens (including phenoxy) is 3. The molecule has 1 aliphatic rings. The Kier molecular flexibility index (Phi) is 10.3. The molecule has 1 amide bonds. The lowest BCUT2D eigenvalue weighted by molar-refractivity contribution is -0.142. The monoisotopic (exact) mass is 513 g/mol. The van der Waals surface area contributed by atoms with Gasteiger partial charge in [-0.1, -0.05) is 29.4 Å². The maximum absolute atomic E-state index is 12.3. The fraction of sp³-hybridized carbons (Fsp3) is 0.500. The molecule has 1 aromatic heterocycles. The number of methoxy groups -OCH3 is 1. The van der Waals surface area contributed by atoms with Crippen LogP contribution in [0.1, 0.15) is 18.2 Å². The molecule has 2 aromatic rings. The van der Waals surface area contributed by atoms with Crippen molar-refractivity contribution in [2.45, 2.75) is 30.3 Å². The molecule has 0 bridgehead atoms. The molecule has 1 unspecified atom stereocenters. The van der Waals surface area contributed by atoms with Gasteiger partial charge >= 0.3 is 5.97 Å². The Morgan fingerprint density at radius 2 is 2.27 bits per heavy atom. The number of amides is 1. The van der Waals surface area contributed by atoms with Crippen LogP contribution in [0, 0.1) is 0 Å². The van der Waals surface area contributed by atoms with Crippen LogP contribution in [-0.2, 0) is 32.0 Å². The van der Waals surface area contributed by atoms with Gasteiger partial charge in [-0.25, -0.2) is 4.98 Å². The van der Waals surface area contributed by atoms with E-state index in [4.69, 9.17) is 25.8 Å². The Labute approximate surface area is 206 Å². The predicted octanol–water partition coefficient (Wildman–Crippen LogP) is 3.02. The lowest BCUT2D eigenvalue weighted by Crippen LogP contribution is -2.47. The summed E-state index contributed by atoms with van der Waals surface area (Å²) in [5.74, 6) is 0.542. The highest BCUT2D eigenvalue weighted by Gasteiger charge is 2.21. The number of morpholine rings is 1. The summed E-state index contributed by atoms with van der Waals surface area (Å²) in [7, 11) is 1.60. The SMILES string of the molecule is CCOC(=O)Cc1csc(SCC(=O)NCC2CN(Cc3ccc(OC)c(Cl)c3)CCO2)n1. The van der Waals surface area contributed by atoms with E-state index in [0.29, 0.717) is 36.2 Å². The van der Waals surface area contributed by atoms with Gasteiger partial charge in [0, 0.05) is 31.6 Å². The molecule has 1 N–H and O–H groups in total. The number of halogens is 1. The van der Waals surface area contributed by atoms with E-state index in [1.54, 1.807) is 14.0 Å². The van der Waals surface area contributed by atoms with Crippen LogP contribution >= 0.6 is 34.7 Å². The number of aromatic nitrogens is 1. The van der Waals surface area contributed by atoms with Gasteiger partial charge in [0.05, 0.1) is 49.3 Å². The molecule has 1 aromatic carbocycles. The second-order valence-electron chi connectivity index (χ2n) is 7.38. The summed E-state index contributed by atoms with van der Waals surface area (Å²) >= 11 is 9.00. The van der Waals surface area contributed by atoms with E-state index < -0.39 is 0 Å². The number of benzene rings is 1. The zero-order valence-corrected chi connectivity index (χ0v) is 21.1. The number of thioether (sulfide) groups is 1. The Balaban J connectivity index is 1.38. The van der Waals surface area contributed by atoms with Crippen molar-refractivity contribution in [2.75, 3.05) is 45.7 Å². The third-order valence-electron chi connectivity index (χ3n) is 4.86. The van der Waals surface area contributed by atoms with Crippen LogP contribution in [0.25, 0.3) is 0 Å². The van der Waals surface area contributed by atoms with Crippen molar-refractivity contribution in [3.8, 4) is 5.75 Å². The number of hydrogen-bond acceptors (Lipinski definition) is 9. The maximum atomic E-state index is 12.3. The van der Waals surface area contributed by atoms with Gasteiger partial charge in [0.15, 0.2) is 4.34 Å². The Morgan fingerprint density at radius 1 is 1.42 bits per heavy atom. The number of carbonyl (C=O) groups is 2. The minimum absolute atomic E-state index is 0.0718. The second kappa shape index (κ2) is 13.1. The number of carbonyl (C=O) groups excluding carboxylic acids is 2. The van der Waals surface area contributed by atoms with Crippen molar-refractivity contribution in [2.24, 2.45) is 0 Å². The molecule has 11 heteroatoms. The summed E-state index contributed by atoms with van der Waals surface area (Å²) < 4.78 is 16.7.